The van der Waals surface area contributed by atoms with Crippen LogP contribution < -0.4 is 10.1 Å². The topological polar surface area (TPSA) is 102 Å². The normalized spacial score (nSPS) is 12.2. The van der Waals surface area contributed by atoms with Gasteiger partial charge in [-0.1, -0.05) is 24.3 Å². The van der Waals surface area contributed by atoms with Crippen LogP contribution in [0, 0.1) is 10.1 Å². The Bertz CT molecular complexity index is 896. The van der Waals surface area contributed by atoms with E-state index in [1.165, 1.54) is 12.1 Å². The first-order valence-electron chi connectivity index (χ1n) is 8.80. The Kier molecular flexibility index (Phi) is 6.35. The summed E-state index contributed by atoms with van der Waals surface area (Å²) in [6, 6.07) is 14.1. The summed E-state index contributed by atoms with van der Waals surface area (Å²) >= 11 is 0. The summed E-state index contributed by atoms with van der Waals surface area (Å²) in [7, 11) is 0. The number of nitrogens with one attached hydrogen (secondary N) is 1. The molecule has 3 aromatic rings. The maximum atomic E-state index is 10.9. The minimum Gasteiger partial charge on any atom is -0.484 e. The quantitative estimate of drug-likeness (QED) is 0.323. The van der Waals surface area contributed by atoms with Crippen LogP contribution in [-0.2, 0) is 6.54 Å². The molecule has 0 radical (unpaired) electrons. The summed E-state index contributed by atoms with van der Waals surface area (Å²) in [4.78, 5) is 14.8. The molecule has 1 aromatic heterocycles. The third-order valence-corrected chi connectivity index (χ3v) is 4.15. The molecule has 0 saturated heterocycles. The van der Waals surface area contributed by atoms with E-state index in [1.54, 1.807) is 12.1 Å². The zero-order valence-corrected chi connectivity index (χ0v) is 14.8. The van der Waals surface area contributed by atoms with Gasteiger partial charge in [-0.05, 0) is 31.2 Å². The highest BCUT2D eigenvalue weighted by molar-refractivity contribution is 5.74. The molecule has 27 heavy (non-hydrogen) atoms. The third-order valence-electron chi connectivity index (χ3n) is 4.15. The molecular weight excluding hydrogens is 348 g/mol. The van der Waals surface area contributed by atoms with Crippen molar-refractivity contribution in [2.24, 2.45) is 0 Å². The summed E-state index contributed by atoms with van der Waals surface area (Å²) in [5.41, 5.74) is 1.98. The lowest BCUT2D eigenvalue weighted by Crippen LogP contribution is -2.32. The van der Waals surface area contributed by atoms with Gasteiger partial charge in [-0.3, -0.25) is 10.1 Å². The molecule has 0 aliphatic rings. The fourth-order valence-electron chi connectivity index (χ4n) is 2.81. The Balaban J connectivity index is 1.36. The molecule has 0 aliphatic heterocycles. The van der Waals surface area contributed by atoms with Crippen molar-refractivity contribution in [1.82, 2.24) is 14.9 Å². The second-order valence-corrected chi connectivity index (χ2v) is 6.17. The molecule has 1 atom stereocenters. The zero-order chi connectivity index (χ0) is 19.1. The van der Waals surface area contributed by atoms with Crippen molar-refractivity contribution in [3.63, 3.8) is 0 Å². The van der Waals surface area contributed by atoms with Crippen molar-refractivity contribution in [2.75, 3.05) is 19.7 Å². The summed E-state index contributed by atoms with van der Waals surface area (Å²) in [6.45, 7) is 1.90. The third kappa shape index (κ3) is 5.02. The van der Waals surface area contributed by atoms with Crippen LogP contribution in [0.25, 0.3) is 11.0 Å². The molecular formula is C19H22N4O4. The highest BCUT2D eigenvalue weighted by Gasteiger charge is 2.15. The van der Waals surface area contributed by atoms with E-state index in [-0.39, 0.29) is 18.0 Å². The molecule has 8 heteroatoms. The number of hydrogen-bond acceptors (Lipinski definition) is 6. The number of aliphatic hydroxyl groups excluding tert-OH is 1. The van der Waals surface area contributed by atoms with E-state index in [1.807, 2.05) is 30.6 Å². The lowest BCUT2D eigenvalue weighted by atomic mass is 10.3. The van der Waals surface area contributed by atoms with E-state index in [0.717, 1.165) is 30.5 Å². The van der Waals surface area contributed by atoms with E-state index >= 15 is 0 Å². The van der Waals surface area contributed by atoms with Gasteiger partial charge in [0, 0.05) is 19.2 Å². The van der Waals surface area contributed by atoms with E-state index in [4.69, 9.17) is 4.74 Å². The molecule has 0 saturated carbocycles. The van der Waals surface area contributed by atoms with Gasteiger partial charge in [0.05, 0.1) is 22.3 Å². The van der Waals surface area contributed by atoms with Crippen molar-refractivity contribution in [3.8, 4) is 5.75 Å². The molecule has 1 unspecified atom stereocenters. The molecule has 0 amide bonds. The first-order chi connectivity index (χ1) is 13.1. The minimum absolute atomic E-state index is 0.00991. The number of ether oxygens (including phenoxy) is 1. The van der Waals surface area contributed by atoms with Gasteiger partial charge in [0.2, 0.25) is 0 Å². The van der Waals surface area contributed by atoms with Gasteiger partial charge in [-0.2, -0.15) is 0 Å². The largest absolute Gasteiger partial charge is 0.484 e. The van der Waals surface area contributed by atoms with Crippen LogP contribution in [0.2, 0.25) is 0 Å². The lowest BCUT2D eigenvalue weighted by Gasteiger charge is -2.13. The number of hydrogen-bond donors (Lipinski definition) is 2. The van der Waals surface area contributed by atoms with Crippen molar-refractivity contribution >= 4 is 16.7 Å². The van der Waals surface area contributed by atoms with Gasteiger partial charge in [0.15, 0.2) is 5.75 Å². The molecule has 3 rings (SSSR count). The molecule has 1 heterocycles. The minimum atomic E-state index is -0.751. The number of benzene rings is 2. The van der Waals surface area contributed by atoms with Gasteiger partial charge in [-0.15, -0.1) is 0 Å². The number of imidazole rings is 1. The molecule has 0 aliphatic carbocycles. The SMILES string of the molecule is O=[N+]([O-])c1ccccc1OCC(O)CNCCCn1cnc2ccccc21. The zero-order valence-electron chi connectivity index (χ0n) is 14.8. The molecule has 0 spiro atoms. The average molecular weight is 370 g/mol. The number of aliphatic hydroxyl groups is 1. The van der Waals surface area contributed by atoms with E-state index in [9.17, 15) is 15.2 Å². The standard InChI is InChI=1S/C19H22N4O4/c24-15(13-27-19-9-4-3-8-18(19)23(25)26)12-20-10-5-11-22-14-21-16-6-1-2-7-17(16)22/h1-4,6-9,14-15,20,24H,5,10-13H2. The Hall–Kier alpha value is -2.97. The summed E-state index contributed by atoms with van der Waals surface area (Å²) in [5.74, 6) is 0.161. The number of nitro benzene ring substituents is 1. The number of para-hydroxylation sites is 4. The van der Waals surface area contributed by atoms with Crippen LogP contribution in [0.15, 0.2) is 54.9 Å². The fourth-order valence-corrected chi connectivity index (χ4v) is 2.81. The summed E-state index contributed by atoms with van der Waals surface area (Å²) < 4.78 is 7.48. The lowest BCUT2D eigenvalue weighted by molar-refractivity contribution is -0.385. The highest BCUT2D eigenvalue weighted by atomic mass is 16.6. The average Bonchev–Trinajstić information content (AvgIpc) is 3.09. The first kappa shape index (κ1) is 18.8. The fraction of sp³-hybridized carbons (Fsp3) is 0.316. The summed E-state index contributed by atoms with van der Waals surface area (Å²) in [6.07, 6.45) is 1.97. The molecule has 0 bridgehead atoms. The number of nitrogens with zero attached hydrogens (tertiary/aromatic N) is 3. The van der Waals surface area contributed by atoms with Gasteiger partial charge in [0.25, 0.3) is 0 Å². The van der Waals surface area contributed by atoms with Gasteiger partial charge in [0.1, 0.15) is 12.7 Å². The monoisotopic (exact) mass is 370 g/mol. The van der Waals surface area contributed by atoms with E-state index < -0.39 is 11.0 Å². The predicted octanol–water partition coefficient (Wildman–Crippen LogP) is 2.36. The Morgan fingerprint density at radius 2 is 2.00 bits per heavy atom. The number of nitro groups is 1. The number of aryl methyl sites for hydroxylation is 1. The molecule has 2 aromatic carbocycles. The van der Waals surface area contributed by atoms with Crippen LogP contribution in [0.5, 0.6) is 5.75 Å². The summed E-state index contributed by atoms with van der Waals surface area (Å²) in [5, 5.41) is 24.1. The van der Waals surface area contributed by atoms with Crippen molar-refractivity contribution in [3.05, 3.63) is 65.0 Å². The Morgan fingerprint density at radius 3 is 2.85 bits per heavy atom. The van der Waals surface area contributed by atoms with E-state index in [2.05, 4.69) is 14.9 Å². The van der Waals surface area contributed by atoms with E-state index in [0.29, 0.717) is 6.54 Å². The van der Waals surface area contributed by atoms with Crippen LogP contribution >= 0.6 is 0 Å². The van der Waals surface area contributed by atoms with Crippen molar-refractivity contribution in [2.45, 2.75) is 19.1 Å². The number of fused-ring (bicyclic) bond motifs is 1. The van der Waals surface area contributed by atoms with Gasteiger partial charge >= 0.3 is 5.69 Å². The second kappa shape index (κ2) is 9.11. The van der Waals surface area contributed by atoms with Crippen LogP contribution in [0.1, 0.15) is 6.42 Å². The second-order valence-electron chi connectivity index (χ2n) is 6.17. The van der Waals surface area contributed by atoms with Crippen molar-refractivity contribution < 1.29 is 14.8 Å². The Morgan fingerprint density at radius 1 is 1.22 bits per heavy atom. The highest BCUT2D eigenvalue weighted by Crippen LogP contribution is 2.25. The van der Waals surface area contributed by atoms with Gasteiger partial charge in [-0.25, -0.2) is 4.98 Å². The van der Waals surface area contributed by atoms with Crippen molar-refractivity contribution in [1.29, 1.82) is 0 Å². The molecule has 0 fully saturated rings. The van der Waals surface area contributed by atoms with Crippen LogP contribution in [0.3, 0.4) is 0 Å². The number of aromatic nitrogens is 2. The van der Waals surface area contributed by atoms with Gasteiger partial charge < -0.3 is 19.7 Å². The predicted molar refractivity (Wildman–Crippen MR) is 102 cm³/mol. The maximum absolute atomic E-state index is 10.9. The molecule has 2 N–H and O–H groups in total. The van der Waals surface area contributed by atoms with Crippen LogP contribution in [-0.4, -0.2) is 45.4 Å². The Labute approximate surface area is 156 Å². The smallest absolute Gasteiger partial charge is 0.310 e. The van der Waals surface area contributed by atoms with Crippen LogP contribution in [0.4, 0.5) is 5.69 Å². The first-order valence-corrected chi connectivity index (χ1v) is 8.80. The number of rotatable bonds is 10. The molecule has 142 valence electrons. The maximum Gasteiger partial charge on any atom is 0.310 e. The molecule has 8 nitrogen and oxygen atoms in total.